The molecule has 1 atom stereocenters. The van der Waals surface area contributed by atoms with Gasteiger partial charge in [-0.15, -0.1) is 0 Å². The number of nitrogens with one attached hydrogen (secondary N) is 1. The number of rotatable bonds is 3. The van der Waals surface area contributed by atoms with Crippen molar-refractivity contribution >= 4 is 17.8 Å². The van der Waals surface area contributed by atoms with Gasteiger partial charge in [-0.2, -0.15) is 4.99 Å². The van der Waals surface area contributed by atoms with Gasteiger partial charge in [-0.05, 0) is 33.6 Å². The lowest BCUT2D eigenvalue weighted by atomic mass is 10.1. The van der Waals surface area contributed by atoms with Crippen LogP contribution >= 0.6 is 0 Å². The Labute approximate surface area is 107 Å². The summed E-state index contributed by atoms with van der Waals surface area (Å²) < 4.78 is 0. The van der Waals surface area contributed by atoms with Crippen molar-refractivity contribution in [2.75, 3.05) is 0 Å². The zero-order chi connectivity index (χ0) is 13.5. The molecule has 2 rings (SSSR count). The summed E-state index contributed by atoms with van der Waals surface area (Å²) in [7, 11) is 0. The Kier molecular flexibility index (Phi) is 3.04. The van der Waals surface area contributed by atoms with Crippen molar-refractivity contribution < 1.29 is 9.59 Å². The van der Waals surface area contributed by atoms with E-state index in [1.807, 2.05) is 20.8 Å². The summed E-state index contributed by atoms with van der Waals surface area (Å²) in [4.78, 5) is 29.0. The molecule has 3 N–H and O–H groups in total. The fourth-order valence-corrected chi connectivity index (χ4v) is 2.13. The molecule has 18 heavy (non-hydrogen) atoms. The highest BCUT2D eigenvalue weighted by Crippen LogP contribution is 2.32. The minimum atomic E-state index is -0.368. The smallest absolute Gasteiger partial charge is 0.346 e. The van der Waals surface area contributed by atoms with Gasteiger partial charge in [0.1, 0.15) is 11.9 Å². The van der Waals surface area contributed by atoms with E-state index in [0.717, 1.165) is 12.8 Å². The highest BCUT2D eigenvalue weighted by atomic mass is 16.2. The summed E-state index contributed by atoms with van der Waals surface area (Å²) in [5, 5.41) is 2.87. The number of hydrogen-bond donors (Lipinski definition) is 2. The van der Waals surface area contributed by atoms with Gasteiger partial charge < -0.3 is 16.0 Å². The number of carbonyl (C=O) groups is 2. The van der Waals surface area contributed by atoms with Crippen molar-refractivity contribution in [2.24, 2.45) is 10.7 Å². The fourth-order valence-electron chi connectivity index (χ4n) is 2.13. The van der Waals surface area contributed by atoms with E-state index >= 15 is 0 Å². The Morgan fingerprint density at radius 3 is 2.61 bits per heavy atom. The third kappa shape index (κ3) is 2.80. The molecular formula is C12H20N4O2. The maximum Gasteiger partial charge on any atom is 0.346 e. The second kappa shape index (κ2) is 4.26. The molecule has 6 nitrogen and oxygen atoms in total. The molecule has 1 aliphatic carbocycles. The van der Waals surface area contributed by atoms with Gasteiger partial charge in [0.25, 0.3) is 0 Å². The molecule has 3 amide bonds. The molecule has 0 bridgehead atoms. The molecule has 1 heterocycles. The van der Waals surface area contributed by atoms with Crippen LogP contribution in [0.2, 0.25) is 0 Å². The first-order chi connectivity index (χ1) is 8.28. The van der Waals surface area contributed by atoms with Gasteiger partial charge in [0, 0.05) is 11.6 Å². The van der Waals surface area contributed by atoms with Gasteiger partial charge in [-0.1, -0.05) is 0 Å². The van der Waals surface area contributed by atoms with Crippen molar-refractivity contribution in [3.8, 4) is 0 Å². The molecule has 1 saturated carbocycles. The highest BCUT2D eigenvalue weighted by Gasteiger charge is 2.43. The van der Waals surface area contributed by atoms with Crippen LogP contribution in [0.15, 0.2) is 4.99 Å². The summed E-state index contributed by atoms with van der Waals surface area (Å²) in [6.07, 6.45) is 2.15. The van der Waals surface area contributed by atoms with Crippen LogP contribution in [0, 0.1) is 0 Å². The Bertz CT molecular complexity index is 407. The Morgan fingerprint density at radius 2 is 2.11 bits per heavy atom. The predicted octanol–water partition coefficient (Wildman–Crippen LogP) is 0.615. The normalized spacial score (nSPS) is 24.2. The summed E-state index contributed by atoms with van der Waals surface area (Å²) in [6, 6.07) is -0.453. The summed E-state index contributed by atoms with van der Waals surface area (Å²) in [5.74, 6) is 0.155. The maximum absolute atomic E-state index is 11.9. The standard InChI is InChI=1S/C12H20N4O2/c1-12(2,3)15-9(17)6-8-10(13)14-11(18)16(8)7-4-5-7/h7-8H,4-6H2,1-3H3,(H,15,17)(H2,13,14,18). The maximum atomic E-state index is 11.9. The van der Waals surface area contributed by atoms with Gasteiger partial charge >= 0.3 is 6.03 Å². The van der Waals surface area contributed by atoms with Crippen molar-refractivity contribution in [1.29, 1.82) is 0 Å². The van der Waals surface area contributed by atoms with E-state index in [2.05, 4.69) is 10.3 Å². The average Bonchev–Trinajstić information content (AvgIpc) is 2.93. The van der Waals surface area contributed by atoms with Crippen molar-refractivity contribution in [3.63, 3.8) is 0 Å². The van der Waals surface area contributed by atoms with E-state index in [0.29, 0.717) is 0 Å². The van der Waals surface area contributed by atoms with E-state index < -0.39 is 0 Å². The van der Waals surface area contributed by atoms with Crippen molar-refractivity contribution in [1.82, 2.24) is 10.2 Å². The molecule has 1 fully saturated rings. The molecule has 0 radical (unpaired) electrons. The van der Waals surface area contributed by atoms with Crippen molar-refractivity contribution in [2.45, 2.75) is 57.7 Å². The van der Waals surface area contributed by atoms with Crippen LogP contribution in [0.1, 0.15) is 40.0 Å². The number of carbonyl (C=O) groups excluding carboxylic acids is 2. The third-order valence-electron chi connectivity index (χ3n) is 2.96. The fraction of sp³-hybridized carbons (Fsp3) is 0.750. The molecule has 0 spiro atoms. The average molecular weight is 252 g/mol. The number of nitrogens with two attached hydrogens (primary N) is 1. The SMILES string of the molecule is CC(C)(C)NC(=O)CC1C(N)=NC(=O)N1C1CC1. The van der Waals surface area contributed by atoms with Crippen LogP contribution in [-0.4, -0.2) is 40.3 Å². The van der Waals surface area contributed by atoms with E-state index in [1.165, 1.54) is 0 Å². The summed E-state index contributed by atoms with van der Waals surface area (Å²) >= 11 is 0. The van der Waals surface area contributed by atoms with E-state index in [4.69, 9.17) is 5.73 Å². The minimum absolute atomic E-state index is 0.106. The molecule has 1 unspecified atom stereocenters. The van der Waals surface area contributed by atoms with E-state index in [9.17, 15) is 9.59 Å². The molecule has 2 aliphatic rings. The number of amidine groups is 1. The second-order valence-electron chi connectivity index (χ2n) is 5.98. The van der Waals surface area contributed by atoms with Gasteiger partial charge in [0.05, 0.1) is 6.42 Å². The first-order valence-electron chi connectivity index (χ1n) is 6.25. The lowest BCUT2D eigenvalue weighted by Gasteiger charge is -2.26. The first-order valence-corrected chi connectivity index (χ1v) is 6.25. The summed E-state index contributed by atoms with van der Waals surface area (Å²) in [5.41, 5.74) is 5.46. The lowest BCUT2D eigenvalue weighted by Crippen LogP contribution is -2.48. The van der Waals surface area contributed by atoms with Crippen LogP contribution < -0.4 is 11.1 Å². The molecule has 0 aromatic heterocycles. The van der Waals surface area contributed by atoms with Gasteiger partial charge in [0.15, 0.2) is 0 Å². The Morgan fingerprint density at radius 1 is 1.50 bits per heavy atom. The largest absolute Gasteiger partial charge is 0.385 e. The molecule has 100 valence electrons. The van der Waals surface area contributed by atoms with Crippen molar-refractivity contribution in [3.05, 3.63) is 0 Å². The van der Waals surface area contributed by atoms with E-state index in [-0.39, 0.29) is 41.8 Å². The molecule has 0 aromatic rings. The Hall–Kier alpha value is -1.59. The topological polar surface area (TPSA) is 87.8 Å². The van der Waals surface area contributed by atoms with E-state index in [1.54, 1.807) is 4.90 Å². The van der Waals surface area contributed by atoms with Gasteiger partial charge in [0.2, 0.25) is 5.91 Å². The van der Waals surface area contributed by atoms with Crippen LogP contribution in [0.5, 0.6) is 0 Å². The zero-order valence-electron chi connectivity index (χ0n) is 11.1. The minimum Gasteiger partial charge on any atom is -0.385 e. The van der Waals surface area contributed by atoms with Crippen LogP contribution in [0.3, 0.4) is 0 Å². The van der Waals surface area contributed by atoms with Crippen LogP contribution in [-0.2, 0) is 4.79 Å². The summed E-state index contributed by atoms with van der Waals surface area (Å²) in [6.45, 7) is 5.75. The molecule has 6 heteroatoms. The number of urea groups is 1. The zero-order valence-corrected chi connectivity index (χ0v) is 11.1. The van der Waals surface area contributed by atoms with Crippen LogP contribution in [0.25, 0.3) is 0 Å². The number of hydrogen-bond acceptors (Lipinski definition) is 3. The highest BCUT2D eigenvalue weighted by molar-refractivity contribution is 6.04. The monoisotopic (exact) mass is 252 g/mol. The molecule has 0 saturated heterocycles. The number of amides is 3. The Balaban J connectivity index is 2.01. The predicted molar refractivity (Wildman–Crippen MR) is 68.2 cm³/mol. The first kappa shape index (κ1) is 12.9. The number of aliphatic imine (C=N–C) groups is 1. The number of nitrogens with zero attached hydrogens (tertiary/aromatic N) is 2. The van der Waals surface area contributed by atoms with Gasteiger partial charge in [-0.25, -0.2) is 4.79 Å². The molecular weight excluding hydrogens is 232 g/mol. The third-order valence-corrected chi connectivity index (χ3v) is 2.96. The second-order valence-corrected chi connectivity index (χ2v) is 5.98. The lowest BCUT2D eigenvalue weighted by molar-refractivity contribution is -0.123. The molecule has 1 aliphatic heterocycles. The molecule has 0 aromatic carbocycles. The quantitative estimate of drug-likeness (QED) is 0.771. The van der Waals surface area contributed by atoms with Gasteiger partial charge in [-0.3, -0.25) is 4.79 Å². The van der Waals surface area contributed by atoms with Crippen LogP contribution in [0.4, 0.5) is 4.79 Å².